The molecular formula is C9H12Cl3N3O. The van der Waals surface area contributed by atoms with Crippen LogP contribution >= 0.6 is 34.8 Å². The Morgan fingerprint density at radius 1 is 1.50 bits per heavy atom. The molecule has 0 aromatic carbocycles. The summed E-state index contributed by atoms with van der Waals surface area (Å²) in [4.78, 5) is 9.58. The molecule has 0 aromatic rings. The van der Waals surface area contributed by atoms with Crippen LogP contribution in [-0.4, -0.2) is 38.9 Å². The highest BCUT2D eigenvalue weighted by molar-refractivity contribution is 6.72. The first-order chi connectivity index (χ1) is 7.28. The van der Waals surface area contributed by atoms with E-state index in [0.29, 0.717) is 6.61 Å². The van der Waals surface area contributed by atoms with Gasteiger partial charge in [0.05, 0.1) is 12.1 Å². The van der Waals surface area contributed by atoms with Crippen molar-refractivity contribution < 1.29 is 4.74 Å². The molecule has 0 saturated carbocycles. The molecule has 0 N–H and O–H groups in total. The van der Waals surface area contributed by atoms with Gasteiger partial charge in [-0.05, 0) is 44.0 Å². The number of nitrogens with zero attached hydrogens (tertiary/aromatic N) is 3. The molecule has 90 valence electrons. The molecule has 2 heterocycles. The summed E-state index contributed by atoms with van der Waals surface area (Å²) in [5.41, 5.74) is -1.34. The van der Waals surface area contributed by atoms with E-state index < -0.39 is 11.2 Å². The van der Waals surface area contributed by atoms with Crippen LogP contribution in [0.5, 0.6) is 0 Å². The highest BCUT2D eigenvalue weighted by atomic mass is 35.5. The topological polar surface area (TPSA) is 40.5 Å². The fourth-order valence-electron chi connectivity index (χ4n) is 1.61. The van der Waals surface area contributed by atoms with Crippen LogP contribution < -0.4 is 0 Å². The van der Waals surface area contributed by atoms with Gasteiger partial charge in [0, 0.05) is 0 Å². The third-order valence-corrected chi connectivity index (χ3v) is 4.02. The van der Waals surface area contributed by atoms with Crippen LogP contribution in [0.25, 0.3) is 0 Å². The summed E-state index contributed by atoms with van der Waals surface area (Å²) >= 11 is 17.9. The van der Waals surface area contributed by atoms with Crippen LogP contribution in [0, 0.1) is 0 Å². The maximum atomic E-state index is 6.12. The molecule has 2 atom stereocenters. The second-order valence-electron chi connectivity index (χ2n) is 4.54. The number of hydrogen-bond acceptors (Lipinski definition) is 4. The normalized spacial score (nSPS) is 34.6. The third-order valence-electron chi connectivity index (χ3n) is 3.28. The summed E-state index contributed by atoms with van der Waals surface area (Å²) in [5, 5.41) is 0.306. The molecule has 2 rings (SSSR count). The fraction of sp³-hybridized carbons (Fsp3) is 0.778. The van der Waals surface area contributed by atoms with Gasteiger partial charge >= 0.3 is 0 Å². The zero-order valence-corrected chi connectivity index (χ0v) is 11.4. The maximum Gasteiger partial charge on any atom is 0.223 e. The van der Waals surface area contributed by atoms with Crippen molar-refractivity contribution in [3.8, 4) is 0 Å². The number of alkyl halides is 1. The predicted molar refractivity (Wildman–Crippen MR) is 66.5 cm³/mol. The first-order valence-corrected chi connectivity index (χ1v) is 6.02. The number of amidine groups is 2. The lowest BCUT2D eigenvalue weighted by atomic mass is 9.88. The summed E-state index contributed by atoms with van der Waals surface area (Å²) in [5.74, 6) is 0. The summed E-state index contributed by atoms with van der Waals surface area (Å²) < 4.78 is 5.44. The lowest BCUT2D eigenvalue weighted by Crippen LogP contribution is -2.58. The Morgan fingerprint density at radius 3 is 2.50 bits per heavy atom. The van der Waals surface area contributed by atoms with Gasteiger partial charge in [0.1, 0.15) is 5.60 Å². The molecule has 2 aliphatic rings. The lowest BCUT2D eigenvalue weighted by molar-refractivity contribution is 0.0958. The zero-order chi connectivity index (χ0) is 12.1. The fourth-order valence-corrected chi connectivity index (χ4v) is 2.73. The van der Waals surface area contributed by atoms with Crippen LogP contribution in [0.4, 0.5) is 0 Å². The molecule has 7 heteroatoms. The number of ether oxygens (including phenoxy) is 1. The Balaban J connectivity index is 2.31. The van der Waals surface area contributed by atoms with Crippen molar-refractivity contribution in [1.29, 1.82) is 0 Å². The van der Waals surface area contributed by atoms with Gasteiger partial charge in [-0.3, -0.25) is 0 Å². The number of halogens is 3. The molecule has 1 saturated heterocycles. The van der Waals surface area contributed by atoms with Gasteiger partial charge in [0.25, 0.3) is 0 Å². The second-order valence-corrected chi connectivity index (χ2v) is 5.60. The number of rotatable bonds is 2. The minimum absolute atomic E-state index is 0.0684. The van der Waals surface area contributed by atoms with Crippen molar-refractivity contribution >= 4 is 45.4 Å². The largest absolute Gasteiger partial charge is 0.367 e. The van der Waals surface area contributed by atoms with E-state index in [9.17, 15) is 0 Å². The number of aliphatic imine (C=N–C) groups is 2. The molecular weight excluding hydrogens is 272 g/mol. The van der Waals surface area contributed by atoms with Gasteiger partial charge < -0.3 is 9.64 Å². The lowest BCUT2D eigenvalue weighted by Gasteiger charge is -2.43. The molecule has 0 amide bonds. The van der Waals surface area contributed by atoms with Crippen molar-refractivity contribution in [2.45, 2.75) is 37.5 Å². The average molecular weight is 285 g/mol. The van der Waals surface area contributed by atoms with Crippen LogP contribution in [0.2, 0.25) is 0 Å². The molecule has 0 spiro atoms. The van der Waals surface area contributed by atoms with Crippen molar-refractivity contribution in [3.05, 3.63) is 0 Å². The standard InChI is InChI=1S/C9H12Cl3N3O/c1-8(2,9(3)4-16-9)15-6(11)13-5(10)14-7(15)12/h6H,4H2,1-3H3. The number of epoxide rings is 1. The SMILES string of the molecule is CC1(C(C)(C)N2C(Cl)=NC(Cl)=NC2Cl)CO1. The highest BCUT2D eigenvalue weighted by Crippen LogP contribution is 2.44. The van der Waals surface area contributed by atoms with Crippen molar-refractivity contribution in [3.63, 3.8) is 0 Å². The van der Waals surface area contributed by atoms with Crippen LogP contribution in [-0.2, 0) is 4.74 Å². The van der Waals surface area contributed by atoms with Crippen LogP contribution in [0.3, 0.4) is 0 Å². The molecule has 1 fully saturated rings. The molecule has 0 bridgehead atoms. The summed E-state index contributed by atoms with van der Waals surface area (Å²) in [6, 6.07) is 0. The van der Waals surface area contributed by atoms with E-state index in [1.165, 1.54) is 0 Å². The molecule has 2 aliphatic heterocycles. The van der Waals surface area contributed by atoms with E-state index in [0.717, 1.165) is 0 Å². The van der Waals surface area contributed by atoms with Gasteiger partial charge in [-0.25, -0.2) is 4.99 Å². The summed E-state index contributed by atoms with van der Waals surface area (Å²) in [6.07, 6.45) is 0. The van der Waals surface area contributed by atoms with Crippen LogP contribution in [0.15, 0.2) is 9.98 Å². The van der Waals surface area contributed by atoms with Gasteiger partial charge in [-0.15, -0.1) is 0 Å². The highest BCUT2D eigenvalue weighted by Gasteiger charge is 2.57. The van der Waals surface area contributed by atoms with Gasteiger partial charge in [0.15, 0.2) is 0 Å². The average Bonchev–Trinajstić information content (AvgIpc) is 2.82. The van der Waals surface area contributed by atoms with Crippen molar-refractivity contribution in [1.82, 2.24) is 4.90 Å². The second kappa shape index (κ2) is 3.73. The summed E-state index contributed by atoms with van der Waals surface area (Å²) in [6.45, 7) is 6.65. The van der Waals surface area contributed by atoms with E-state index in [4.69, 9.17) is 39.5 Å². The van der Waals surface area contributed by atoms with E-state index in [-0.39, 0.29) is 16.2 Å². The maximum absolute atomic E-state index is 6.12. The van der Waals surface area contributed by atoms with E-state index >= 15 is 0 Å². The molecule has 0 aliphatic carbocycles. The van der Waals surface area contributed by atoms with Gasteiger partial charge in [0.2, 0.25) is 16.2 Å². The molecule has 0 aromatic heterocycles. The van der Waals surface area contributed by atoms with Crippen LogP contribution in [0.1, 0.15) is 20.8 Å². The zero-order valence-electron chi connectivity index (χ0n) is 9.17. The Hall–Kier alpha value is -0.0300. The molecule has 2 unspecified atom stereocenters. The Kier molecular flexibility index (Phi) is 2.90. The molecule has 0 radical (unpaired) electrons. The van der Waals surface area contributed by atoms with Gasteiger partial charge in [-0.2, -0.15) is 4.99 Å². The quantitative estimate of drug-likeness (QED) is 0.444. The Labute approximate surface area is 109 Å². The van der Waals surface area contributed by atoms with Gasteiger partial charge in [-0.1, -0.05) is 11.6 Å². The van der Waals surface area contributed by atoms with Crippen molar-refractivity contribution in [2.75, 3.05) is 6.61 Å². The first-order valence-electron chi connectivity index (χ1n) is 4.83. The Morgan fingerprint density at radius 2 is 2.06 bits per heavy atom. The smallest absolute Gasteiger partial charge is 0.223 e. The van der Waals surface area contributed by atoms with E-state index in [1.54, 1.807) is 4.90 Å². The van der Waals surface area contributed by atoms with Crippen molar-refractivity contribution in [2.24, 2.45) is 9.98 Å². The number of hydrogen-bond donors (Lipinski definition) is 0. The molecule has 4 nitrogen and oxygen atoms in total. The monoisotopic (exact) mass is 283 g/mol. The van der Waals surface area contributed by atoms with E-state index in [1.807, 2.05) is 20.8 Å². The Bertz CT molecular complexity index is 376. The third kappa shape index (κ3) is 1.82. The molecule has 16 heavy (non-hydrogen) atoms. The summed E-state index contributed by atoms with van der Waals surface area (Å²) in [7, 11) is 0. The first kappa shape index (κ1) is 12.4. The minimum Gasteiger partial charge on any atom is -0.367 e. The van der Waals surface area contributed by atoms with E-state index in [2.05, 4.69) is 9.98 Å². The minimum atomic E-state index is -0.659. The predicted octanol–water partition coefficient (Wildman–Crippen LogP) is 2.58.